The maximum Gasteiger partial charge on any atom is 0.218 e. The molecule has 1 aliphatic rings. The molecule has 12 heavy (non-hydrogen) atoms. The largest absolute Gasteiger partial charge is 0.371 e. The van der Waals surface area contributed by atoms with Crippen molar-refractivity contribution in [2.45, 2.75) is 12.6 Å². The second kappa shape index (κ2) is 2.68. The topological polar surface area (TPSA) is 32.6 Å². The number of aliphatic imine (C=N–C) groups is 1. The lowest BCUT2D eigenvalue weighted by Gasteiger charge is -2.15. The summed E-state index contributed by atoms with van der Waals surface area (Å²) in [4.78, 5) is 3.43. The Bertz CT molecular complexity index is 335. The number of nitrogens with zero attached hydrogens (tertiary/aromatic N) is 1. The lowest BCUT2D eigenvalue weighted by Crippen LogP contribution is -2.17. The number of rotatable bonds is 0. The van der Waals surface area contributed by atoms with E-state index < -0.39 is 12.2 Å². The van der Waals surface area contributed by atoms with Crippen LogP contribution in [0.4, 0.5) is 4.39 Å². The van der Waals surface area contributed by atoms with Gasteiger partial charge in [-0.2, -0.15) is 4.39 Å². The summed E-state index contributed by atoms with van der Waals surface area (Å²) in [6.45, 7) is 0. The van der Waals surface area contributed by atoms with Crippen molar-refractivity contribution >= 4 is 5.97 Å². The molecule has 1 atom stereocenters. The fourth-order valence-corrected chi connectivity index (χ4v) is 1.34. The van der Waals surface area contributed by atoms with Crippen molar-refractivity contribution in [1.82, 2.24) is 0 Å². The van der Waals surface area contributed by atoms with Crippen molar-refractivity contribution in [1.29, 1.82) is 0 Å². The number of aliphatic hydroxyl groups is 1. The first kappa shape index (κ1) is 7.43. The van der Waals surface area contributed by atoms with E-state index in [1.54, 1.807) is 18.2 Å². The smallest absolute Gasteiger partial charge is 0.218 e. The Kier molecular flexibility index (Phi) is 1.66. The molecule has 0 spiro atoms. The minimum atomic E-state index is -0.917. The third kappa shape index (κ3) is 1.12. The van der Waals surface area contributed by atoms with Gasteiger partial charge in [0.15, 0.2) is 6.23 Å². The number of aliphatic hydroxyl groups excluding tert-OH is 1. The molecule has 0 bridgehead atoms. The zero-order valence-corrected chi connectivity index (χ0v) is 6.37. The van der Waals surface area contributed by atoms with E-state index in [0.717, 1.165) is 5.56 Å². The number of halogens is 1. The average Bonchev–Trinajstić information content (AvgIpc) is 2.04. The van der Waals surface area contributed by atoms with Gasteiger partial charge >= 0.3 is 0 Å². The van der Waals surface area contributed by atoms with E-state index in [2.05, 4.69) is 4.99 Å². The van der Waals surface area contributed by atoms with Crippen LogP contribution in [0.3, 0.4) is 0 Å². The molecule has 0 saturated heterocycles. The quantitative estimate of drug-likeness (QED) is 0.617. The van der Waals surface area contributed by atoms with Crippen molar-refractivity contribution < 1.29 is 9.50 Å². The van der Waals surface area contributed by atoms with Crippen LogP contribution in [0, 0.1) is 0 Å². The zero-order valence-electron chi connectivity index (χ0n) is 6.37. The number of hydrogen-bond acceptors (Lipinski definition) is 2. The van der Waals surface area contributed by atoms with E-state index in [1.807, 2.05) is 6.07 Å². The van der Waals surface area contributed by atoms with Crippen molar-refractivity contribution in [3.05, 3.63) is 35.4 Å². The van der Waals surface area contributed by atoms with Gasteiger partial charge in [-0.15, -0.1) is 0 Å². The van der Waals surface area contributed by atoms with E-state index >= 15 is 0 Å². The van der Waals surface area contributed by atoms with E-state index in [1.165, 1.54) is 0 Å². The maximum absolute atomic E-state index is 13.0. The predicted molar refractivity (Wildman–Crippen MR) is 43.8 cm³/mol. The second-order valence-electron chi connectivity index (χ2n) is 2.76. The highest BCUT2D eigenvalue weighted by molar-refractivity contribution is 5.95. The number of benzene rings is 1. The predicted octanol–water partition coefficient (Wildman–Crippen LogP) is 1.28. The molecule has 0 fully saturated rings. The van der Waals surface area contributed by atoms with Crippen LogP contribution in [0.2, 0.25) is 0 Å². The van der Waals surface area contributed by atoms with E-state index in [4.69, 9.17) is 5.11 Å². The van der Waals surface area contributed by atoms with Crippen LogP contribution in [-0.2, 0) is 6.42 Å². The summed E-state index contributed by atoms with van der Waals surface area (Å²) in [7, 11) is 0. The number of hydrogen-bond donors (Lipinski definition) is 1. The maximum atomic E-state index is 13.0. The highest BCUT2D eigenvalue weighted by atomic mass is 19.1. The molecule has 0 aliphatic carbocycles. The third-order valence-corrected chi connectivity index (χ3v) is 1.90. The average molecular weight is 165 g/mol. The first-order valence-electron chi connectivity index (χ1n) is 3.77. The molecule has 0 aromatic heterocycles. The minimum absolute atomic E-state index is 0.406. The van der Waals surface area contributed by atoms with Gasteiger partial charge in [-0.1, -0.05) is 24.3 Å². The second-order valence-corrected chi connectivity index (χ2v) is 2.76. The van der Waals surface area contributed by atoms with Crippen LogP contribution in [0.15, 0.2) is 29.3 Å². The van der Waals surface area contributed by atoms with E-state index in [0.29, 0.717) is 12.0 Å². The molecule has 1 aromatic rings. The molecule has 0 radical (unpaired) electrons. The molecule has 1 heterocycles. The van der Waals surface area contributed by atoms with Gasteiger partial charge in [0, 0.05) is 12.0 Å². The summed E-state index contributed by atoms with van der Waals surface area (Å²) < 4.78 is 13.0. The Morgan fingerprint density at radius 2 is 2.17 bits per heavy atom. The molecule has 3 heteroatoms. The van der Waals surface area contributed by atoms with E-state index in [-0.39, 0.29) is 0 Å². The van der Waals surface area contributed by atoms with Crippen molar-refractivity contribution in [3.8, 4) is 0 Å². The Labute approximate surface area is 69.4 Å². The van der Waals surface area contributed by atoms with Crippen molar-refractivity contribution in [2.24, 2.45) is 4.99 Å². The normalized spacial score (nSPS) is 21.5. The molecular formula is C9H8FNO. The van der Waals surface area contributed by atoms with E-state index in [9.17, 15) is 4.39 Å². The highest BCUT2D eigenvalue weighted by Crippen LogP contribution is 2.18. The lowest BCUT2D eigenvalue weighted by atomic mass is 10.0. The SMILES string of the molecule is OC1Cc2ccccc2C(F)=N1. The summed E-state index contributed by atoms with van der Waals surface area (Å²) in [5.74, 6) is -0.565. The molecule has 1 N–H and O–H groups in total. The van der Waals surface area contributed by atoms with Crippen LogP contribution in [-0.4, -0.2) is 17.3 Å². The van der Waals surface area contributed by atoms with Gasteiger partial charge < -0.3 is 5.11 Å². The molecule has 1 unspecified atom stereocenters. The Morgan fingerprint density at radius 1 is 1.42 bits per heavy atom. The summed E-state index contributed by atoms with van der Waals surface area (Å²) in [6.07, 6.45) is -0.510. The lowest BCUT2D eigenvalue weighted by molar-refractivity contribution is 0.181. The van der Waals surface area contributed by atoms with Gasteiger partial charge in [0.2, 0.25) is 5.97 Å². The van der Waals surface area contributed by atoms with Gasteiger partial charge in [0.1, 0.15) is 0 Å². The first-order chi connectivity index (χ1) is 5.77. The van der Waals surface area contributed by atoms with Crippen LogP contribution in [0.25, 0.3) is 0 Å². The molecule has 0 saturated carbocycles. The van der Waals surface area contributed by atoms with Gasteiger partial charge in [-0.3, -0.25) is 0 Å². The fourth-order valence-electron chi connectivity index (χ4n) is 1.34. The third-order valence-electron chi connectivity index (χ3n) is 1.90. The Balaban J connectivity index is 2.53. The van der Waals surface area contributed by atoms with Crippen LogP contribution < -0.4 is 0 Å². The molecule has 1 aromatic carbocycles. The van der Waals surface area contributed by atoms with Crippen molar-refractivity contribution in [3.63, 3.8) is 0 Å². The molecule has 0 amide bonds. The summed E-state index contributed by atoms with van der Waals surface area (Å²) in [5.41, 5.74) is 1.32. The van der Waals surface area contributed by atoms with Crippen molar-refractivity contribution in [2.75, 3.05) is 0 Å². The molecule has 2 nitrogen and oxygen atoms in total. The monoisotopic (exact) mass is 165 g/mol. The first-order valence-corrected chi connectivity index (χ1v) is 3.77. The minimum Gasteiger partial charge on any atom is -0.371 e. The molecule has 2 rings (SSSR count). The number of fused-ring (bicyclic) bond motifs is 1. The highest BCUT2D eigenvalue weighted by Gasteiger charge is 2.17. The van der Waals surface area contributed by atoms with Gasteiger partial charge in [0.25, 0.3) is 0 Å². The Hall–Kier alpha value is -1.22. The molecular weight excluding hydrogens is 157 g/mol. The summed E-state index contributed by atoms with van der Waals surface area (Å²) >= 11 is 0. The van der Waals surface area contributed by atoms with Gasteiger partial charge in [0.05, 0.1) is 0 Å². The van der Waals surface area contributed by atoms with Crippen LogP contribution in [0.1, 0.15) is 11.1 Å². The van der Waals surface area contributed by atoms with Crippen LogP contribution in [0.5, 0.6) is 0 Å². The summed E-state index contributed by atoms with van der Waals surface area (Å²) in [5, 5.41) is 9.10. The standard InChI is InChI=1S/C9H8FNO/c10-9-7-4-2-1-3-6(7)5-8(12)11-9/h1-4,8,12H,5H2. The zero-order chi connectivity index (χ0) is 8.55. The van der Waals surface area contributed by atoms with Gasteiger partial charge in [-0.05, 0) is 5.56 Å². The fraction of sp³-hybridized carbons (Fsp3) is 0.222. The molecule has 1 aliphatic heterocycles. The van der Waals surface area contributed by atoms with Gasteiger partial charge in [-0.25, -0.2) is 4.99 Å². The Morgan fingerprint density at radius 3 is 3.00 bits per heavy atom. The van der Waals surface area contributed by atoms with Crippen LogP contribution >= 0.6 is 0 Å². The summed E-state index contributed by atoms with van der Waals surface area (Å²) in [6, 6.07) is 7.04. The molecule has 62 valence electrons.